The van der Waals surface area contributed by atoms with Gasteiger partial charge < -0.3 is 5.32 Å². The highest BCUT2D eigenvalue weighted by atomic mass is 35.5. The van der Waals surface area contributed by atoms with Crippen LogP contribution in [-0.4, -0.2) is 34.4 Å². The maximum absolute atomic E-state index is 6.43. The van der Waals surface area contributed by atoms with Crippen LogP contribution in [0.5, 0.6) is 0 Å². The molecule has 1 rings (SSSR count). The zero-order valence-corrected chi connectivity index (χ0v) is 13.4. The maximum Gasteiger partial charge on any atom is 0.0850 e. The topological polar surface area (TPSA) is 29.9 Å². The molecule has 0 fully saturated rings. The summed E-state index contributed by atoms with van der Waals surface area (Å²) in [5.74, 6) is 1.10. The third-order valence-corrected chi connectivity index (χ3v) is 4.17. The monoisotopic (exact) mass is 289 g/mol. The molecule has 0 aromatic carbocycles. The van der Waals surface area contributed by atoms with Crippen molar-refractivity contribution in [2.24, 2.45) is 0 Å². The van der Waals surface area contributed by atoms with Gasteiger partial charge >= 0.3 is 0 Å². The molecule has 18 heavy (non-hydrogen) atoms. The fourth-order valence-electron chi connectivity index (χ4n) is 2.13. The number of hydrogen-bond acceptors (Lipinski definition) is 3. The van der Waals surface area contributed by atoms with Crippen LogP contribution in [-0.2, 0) is 19.4 Å². The highest BCUT2D eigenvalue weighted by Gasteiger charge is 2.18. The van der Waals surface area contributed by atoms with E-state index < -0.39 is 0 Å². The van der Waals surface area contributed by atoms with Gasteiger partial charge in [-0.3, -0.25) is 4.68 Å². The molecule has 104 valence electrons. The van der Waals surface area contributed by atoms with Gasteiger partial charge in [-0.25, -0.2) is 0 Å². The first-order valence-electron chi connectivity index (χ1n) is 6.64. The molecule has 0 aliphatic carbocycles. The molecule has 0 saturated carbocycles. The molecule has 0 spiro atoms. The first kappa shape index (κ1) is 15.9. The number of nitrogens with one attached hydrogen (secondary N) is 1. The molecule has 0 radical (unpaired) electrons. The molecule has 3 nitrogen and oxygen atoms in total. The van der Waals surface area contributed by atoms with E-state index >= 15 is 0 Å². The summed E-state index contributed by atoms with van der Waals surface area (Å²) in [6.45, 7) is 8.23. The molecule has 0 bridgehead atoms. The molecule has 1 atom stereocenters. The van der Waals surface area contributed by atoms with E-state index in [1.54, 1.807) is 0 Å². The second kappa shape index (κ2) is 8.08. The number of aryl methyl sites for hydroxylation is 2. The van der Waals surface area contributed by atoms with Crippen molar-refractivity contribution >= 4 is 23.4 Å². The van der Waals surface area contributed by atoms with Gasteiger partial charge in [-0.15, -0.1) is 0 Å². The number of aromatic nitrogens is 2. The molecule has 1 aromatic heterocycles. The normalized spacial score (nSPS) is 12.9. The fraction of sp³-hybridized carbons (Fsp3) is 0.769. The lowest BCUT2D eigenvalue weighted by atomic mass is 10.1. The quantitative estimate of drug-likeness (QED) is 0.798. The summed E-state index contributed by atoms with van der Waals surface area (Å²) < 4.78 is 2.05. The first-order valence-corrected chi connectivity index (χ1v) is 8.41. The van der Waals surface area contributed by atoms with Crippen molar-refractivity contribution in [2.75, 3.05) is 18.6 Å². The number of thioether (sulfide) groups is 1. The van der Waals surface area contributed by atoms with Gasteiger partial charge in [0.1, 0.15) is 0 Å². The molecule has 5 heteroatoms. The number of hydrogen-bond donors (Lipinski definition) is 1. The third-order valence-electron chi connectivity index (χ3n) is 2.99. The van der Waals surface area contributed by atoms with Crippen LogP contribution in [0.3, 0.4) is 0 Å². The minimum Gasteiger partial charge on any atom is -0.313 e. The molecule has 0 amide bonds. The van der Waals surface area contributed by atoms with E-state index in [-0.39, 0.29) is 0 Å². The summed E-state index contributed by atoms with van der Waals surface area (Å²) in [6.07, 6.45) is 3.99. The van der Waals surface area contributed by atoms with Crippen LogP contribution in [0.25, 0.3) is 0 Å². The van der Waals surface area contributed by atoms with Crippen molar-refractivity contribution in [1.82, 2.24) is 15.1 Å². The molecule has 0 aliphatic heterocycles. The smallest absolute Gasteiger partial charge is 0.0850 e. The van der Waals surface area contributed by atoms with Crippen molar-refractivity contribution in [1.29, 1.82) is 0 Å². The third kappa shape index (κ3) is 3.90. The van der Waals surface area contributed by atoms with E-state index in [0.717, 1.165) is 42.4 Å². The van der Waals surface area contributed by atoms with Gasteiger partial charge in [-0.05, 0) is 26.1 Å². The van der Waals surface area contributed by atoms with Crippen LogP contribution in [0.2, 0.25) is 5.02 Å². The summed E-state index contributed by atoms with van der Waals surface area (Å²) in [6, 6.07) is 0.467. The Labute approximate surface area is 120 Å². The Hall–Kier alpha value is -0.190. The van der Waals surface area contributed by atoms with E-state index in [1.807, 2.05) is 16.4 Å². The lowest BCUT2D eigenvalue weighted by Gasteiger charge is -2.17. The average Bonchev–Trinajstić information content (AvgIpc) is 2.67. The molecule has 1 N–H and O–H groups in total. The highest BCUT2D eigenvalue weighted by Crippen LogP contribution is 2.23. The molecular formula is C13H24ClN3S. The Morgan fingerprint density at radius 3 is 2.61 bits per heavy atom. The van der Waals surface area contributed by atoms with Gasteiger partial charge in [0.05, 0.1) is 16.4 Å². The van der Waals surface area contributed by atoms with Crippen LogP contribution < -0.4 is 5.32 Å². The Morgan fingerprint density at radius 2 is 2.11 bits per heavy atom. The molecule has 0 aliphatic rings. The van der Waals surface area contributed by atoms with Crippen LogP contribution in [0.1, 0.15) is 32.2 Å². The second-order valence-corrected chi connectivity index (χ2v) is 5.58. The standard InChI is InChI=1S/C13H24ClN3S/c1-5-11-13(14)12(17(7-3)16-11)8-10(9-18-4)15-6-2/h10,15H,5-9H2,1-4H3. The minimum atomic E-state index is 0.467. The van der Waals surface area contributed by atoms with E-state index in [2.05, 4.69) is 37.4 Å². The molecule has 1 heterocycles. The molecular weight excluding hydrogens is 266 g/mol. The van der Waals surface area contributed by atoms with Crippen molar-refractivity contribution in [3.8, 4) is 0 Å². The second-order valence-electron chi connectivity index (χ2n) is 4.29. The van der Waals surface area contributed by atoms with Gasteiger partial charge in [0.25, 0.3) is 0 Å². The van der Waals surface area contributed by atoms with Crippen molar-refractivity contribution < 1.29 is 0 Å². The highest BCUT2D eigenvalue weighted by molar-refractivity contribution is 7.98. The van der Waals surface area contributed by atoms with Gasteiger partial charge in [0.15, 0.2) is 0 Å². The zero-order chi connectivity index (χ0) is 13.5. The number of nitrogens with zero attached hydrogens (tertiary/aromatic N) is 2. The summed E-state index contributed by atoms with van der Waals surface area (Å²) in [7, 11) is 0. The molecule has 1 aromatic rings. The van der Waals surface area contributed by atoms with Gasteiger partial charge in [-0.1, -0.05) is 25.4 Å². The maximum atomic E-state index is 6.43. The summed E-state index contributed by atoms with van der Waals surface area (Å²) >= 11 is 8.30. The van der Waals surface area contributed by atoms with E-state index in [9.17, 15) is 0 Å². The Kier molecular flexibility index (Phi) is 7.12. The molecule has 1 unspecified atom stereocenters. The molecule has 0 saturated heterocycles. The first-order chi connectivity index (χ1) is 8.67. The summed E-state index contributed by atoms with van der Waals surface area (Å²) in [5.41, 5.74) is 2.20. The SMILES string of the molecule is CCNC(CSC)Cc1c(Cl)c(CC)nn1CC. The predicted octanol–water partition coefficient (Wildman–Crippen LogP) is 3.00. The van der Waals surface area contributed by atoms with E-state index in [4.69, 9.17) is 11.6 Å². The van der Waals surface area contributed by atoms with Crippen LogP contribution in [0.4, 0.5) is 0 Å². The number of halogens is 1. The Morgan fingerprint density at radius 1 is 1.39 bits per heavy atom. The van der Waals surface area contributed by atoms with E-state index in [1.165, 1.54) is 5.69 Å². The summed E-state index contributed by atoms with van der Waals surface area (Å²) in [4.78, 5) is 0. The van der Waals surface area contributed by atoms with Gasteiger partial charge in [0.2, 0.25) is 0 Å². The van der Waals surface area contributed by atoms with Gasteiger partial charge in [-0.2, -0.15) is 16.9 Å². The van der Waals surface area contributed by atoms with Crippen molar-refractivity contribution in [3.63, 3.8) is 0 Å². The fourth-order valence-corrected chi connectivity index (χ4v) is 3.11. The van der Waals surface area contributed by atoms with Crippen LogP contribution in [0.15, 0.2) is 0 Å². The van der Waals surface area contributed by atoms with Gasteiger partial charge in [0, 0.05) is 24.8 Å². The number of likely N-dealkylation sites (N-methyl/N-ethyl adjacent to an activating group) is 1. The van der Waals surface area contributed by atoms with Crippen molar-refractivity contribution in [2.45, 2.75) is 46.2 Å². The zero-order valence-electron chi connectivity index (χ0n) is 11.8. The predicted molar refractivity (Wildman–Crippen MR) is 81.8 cm³/mol. The minimum absolute atomic E-state index is 0.467. The number of rotatable bonds is 8. The van der Waals surface area contributed by atoms with Crippen LogP contribution in [0, 0.1) is 0 Å². The lowest BCUT2D eigenvalue weighted by Crippen LogP contribution is -2.34. The van der Waals surface area contributed by atoms with E-state index in [0.29, 0.717) is 6.04 Å². The Bertz CT molecular complexity index is 359. The van der Waals surface area contributed by atoms with Crippen molar-refractivity contribution in [3.05, 3.63) is 16.4 Å². The average molecular weight is 290 g/mol. The lowest BCUT2D eigenvalue weighted by molar-refractivity contribution is 0.533. The van der Waals surface area contributed by atoms with Crippen LogP contribution >= 0.6 is 23.4 Å². The largest absolute Gasteiger partial charge is 0.313 e. The Balaban J connectivity index is 2.89. The summed E-state index contributed by atoms with van der Waals surface area (Å²) in [5, 5.41) is 8.95.